The molecule has 0 unspecified atom stereocenters. The van der Waals surface area contributed by atoms with Gasteiger partial charge in [0.2, 0.25) is 0 Å². The van der Waals surface area contributed by atoms with Gasteiger partial charge in [-0.2, -0.15) is 0 Å². The Morgan fingerprint density at radius 3 is 1.19 bits per heavy atom. The molecule has 0 saturated heterocycles. The second-order valence-electron chi connectivity index (χ2n) is 6.42. The first-order valence-corrected chi connectivity index (χ1v) is 9.47. The molecule has 0 spiro atoms. The van der Waals surface area contributed by atoms with Gasteiger partial charge in [0.15, 0.2) is 0 Å². The van der Waals surface area contributed by atoms with Crippen LogP contribution in [0.5, 0.6) is 11.5 Å². The Kier molecular flexibility index (Phi) is 9.62. The van der Waals surface area contributed by atoms with Gasteiger partial charge < -0.3 is 19.7 Å². The first kappa shape index (κ1) is 20.3. The number of aliphatic hydroxyl groups is 2. The average Bonchev–Trinajstić information content (AvgIpc) is 2.70. The molecule has 4 nitrogen and oxygen atoms in total. The van der Waals surface area contributed by atoms with Crippen LogP contribution in [-0.4, -0.2) is 23.4 Å². The summed E-state index contributed by atoms with van der Waals surface area (Å²) in [6.07, 6.45) is 6.93. The first-order chi connectivity index (χ1) is 12.8. The third kappa shape index (κ3) is 7.89. The number of hydrogen-bond donors (Lipinski definition) is 2. The highest BCUT2D eigenvalue weighted by Crippen LogP contribution is 2.14. The van der Waals surface area contributed by atoms with Crippen LogP contribution >= 0.6 is 0 Å². The third-order valence-corrected chi connectivity index (χ3v) is 4.29. The van der Waals surface area contributed by atoms with Gasteiger partial charge in [-0.25, -0.2) is 0 Å². The summed E-state index contributed by atoms with van der Waals surface area (Å²) in [5, 5.41) is 18.0. The van der Waals surface area contributed by atoms with Crippen LogP contribution in [0.3, 0.4) is 0 Å². The van der Waals surface area contributed by atoms with Gasteiger partial charge in [0.05, 0.1) is 26.4 Å². The molecule has 0 aliphatic carbocycles. The largest absolute Gasteiger partial charge is 0.494 e. The van der Waals surface area contributed by atoms with Gasteiger partial charge in [0.1, 0.15) is 11.5 Å². The van der Waals surface area contributed by atoms with Gasteiger partial charge >= 0.3 is 0 Å². The van der Waals surface area contributed by atoms with Crippen molar-refractivity contribution in [2.45, 2.75) is 51.7 Å². The summed E-state index contributed by atoms with van der Waals surface area (Å²) in [6.45, 7) is 1.62. The van der Waals surface area contributed by atoms with Gasteiger partial charge in [-0.05, 0) is 48.2 Å². The predicted octanol–water partition coefficient (Wildman–Crippen LogP) is 4.47. The summed E-state index contributed by atoms with van der Waals surface area (Å²) < 4.78 is 11.4. The third-order valence-electron chi connectivity index (χ3n) is 4.29. The molecule has 0 aromatic heterocycles. The molecule has 0 bridgehead atoms. The lowest BCUT2D eigenvalue weighted by molar-refractivity contribution is 0.280. The molecule has 0 saturated carbocycles. The molecule has 0 aliphatic heterocycles. The maximum atomic E-state index is 9.00. The molecule has 0 fully saturated rings. The molecule has 4 heteroatoms. The first-order valence-electron chi connectivity index (χ1n) is 9.47. The van der Waals surface area contributed by atoms with Crippen molar-refractivity contribution in [3.8, 4) is 11.5 Å². The second-order valence-corrected chi connectivity index (χ2v) is 6.42. The molecule has 2 rings (SSSR count). The highest BCUT2D eigenvalue weighted by Gasteiger charge is 1.97. The van der Waals surface area contributed by atoms with E-state index in [0.717, 1.165) is 48.7 Å². The van der Waals surface area contributed by atoms with Crippen molar-refractivity contribution in [2.75, 3.05) is 13.2 Å². The molecule has 2 aromatic carbocycles. The average molecular weight is 358 g/mol. The lowest BCUT2D eigenvalue weighted by atomic mass is 10.1. The van der Waals surface area contributed by atoms with Crippen molar-refractivity contribution in [3.63, 3.8) is 0 Å². The van der Waals surface area contributed by atoms with Crippen molar-refractivity contribution in [3.05, 3.63) is 59.7 Å². The van der Waals surface area contributed by atoms with Gasteiger partial charge in [-0.1, -0.05) is 49.9 Å². The van der Waals surface area contributed by atoms with E-state index in [1.54, 1.807) is 0 Å². The van der Waals surface area contributed by atoms with E-state index >= 15 is 0 Å². The van der Waals surface area contributed by atoms with Gasteiger partial charge in [0, 0.05) is 0 Å². The Labute approximate surface area is 156 Å². The number of ether oxygens (including phenoxy) is 2. The predicted molar refractivity (Wildman–Crippen MR) is 103 cm³/mol. The molecule has 2 N–H and O–H groups in total. The highest BCUT2D eigenvalue weighted by molar-refractivity contribution is 5.27. The fourth-order valence-electron chi connectivity index (χ4n) is 2.67. The van der Waals surface area contributed by atoms with E-state index in [2.05, 4.69) is 0 Å². The number of benzene rings is 2. The molecule has 0 aliphatic rings. The monoisotopic (exact) mass is 358 g/mol. The van der Waals surface area contributed by atoms with Crippen LogP contribution in [0, 0.1) is 0 Å². The number of unbranched alkanes of at least 4 members (excludes halogenated alkanes) is 5. The van der Waals surface area contributed by atoms with E-state index in [9.17, 15) is 0 Å². The van der Waals surface area contributed by atoms with E-state index < -0.39 is 0 Å². The zero-order chi connectivity index (χ0) is 18.5. The van der Waals surface area contributed by atoms with Crippen LogP contribution in [0.2, 0.25) is 0 Å². The smallest absolute Gasteiger partial charge is 0.119 e. The molecule has 142 valence electrons. The van der Waals surface area contributed by atoms with Crippen molar-refractivity contribution >= 4 is 0 Å². The van der Waals surface area contributed by atoms with E-state index in [0.29, 0.717) is 0 Å². The summed E-state index contributed by atoms with van der Waals surface area (Å²) in [6, 6.07) is 15.2. The summed E-state index contributed by atoms with van der Waals surface area (Å²) in [4.78, 5) is 0. The molecule has 0 amide bonds. The van der Waals surface area contributed by atoms with Crippen LogP contribution in [0.4, 0.5) is 0 Å². The fourth-order valence-corrected chi connectivity index (χ4v) is 2.67. The second kappa shape index (κ2) is 12.3. The number of rotatable bonds is 13. The number of hydrogen-bond acceptors (Lipinski definition) is 4. The highest BCUT2D eigenvalue weighted by atomic mass is 16.5. The lowest BCUT2D eigenvalue weighted by Crippen LogP contribution is -1.98. The zero-order valence-corrected chi connectivity index (χ0v) is 15.4. The Hall–Kier alpha value is -2.04. The van der Waals surface area contributed by atoms with E-state index in [1.807, 2.05) is 48.5 Å². The zero-order valence-electron chi connectivity index (χ0n) is 15.4. The van der Waals surface area contributed by atoms with Crippen LogP contribution in [-0.2, 0) is 13.2 Å². The maximum absolute atomic E-state index is 9.00. The number of aliphatic hydroxyl groups excluding tert-OH is 2. The van der Waals surface area contributed by atoms with E-state index in [-0.39, 0.29) is 13.2 Å². The van der Waals surface area contributed by atoms with Crippen LogP contribution in [0.1, 0.15) is 49.7 Å². The minimum atomic E-state index is 0.0707. The molecule has 0 atom stereocenters. The molecule has 0 radical (unpaired) electrons. The van der Waals surface area contributed by atoms with Gasteiger partial charge in [-0.3, -0.25) is 0 Å². The quantitative estimate of drug-likeness (QED) is 0.519. The van der Waals surface area contributed by atoms with E-state index in [4.69, 9.17) is 19.7 Å². The summed E-state index contributed by atoms with van der Waals surface area (Å²) in [5.41, 5.74) is 1.81. The lowest BCUT2D eigenvalue weighted by Gasteiger charge is -2.08. The Balaban J connectivity index is 1.41. The molecule has 26 heavy (non-hydrogen) atoms. The Morgan fingerprint density at radius 2 is 0.846 bits per heavy atom. The standard InChI is InChI=1S/C22H30O4/c23-17-19-7-11-21(12-8-19)25-15-5-3-1-2-4-6-16-26-22-13-9-20(18-24)10-14-22/h7-14,23-24H,1-6,15-18H2. The Bertz CT molecular complexity index is 537. The molecule has 2 aromatic rings. The van der Waals surface area contributed by atoms with Gasteiger partial charge in [-0.15, -0.1) is 0 Å². The van der Waals surface area contributed by atoms with E-state index in [1.165, 1.54) is 25.7 Å². The van der Waals surface area contributed by atoms with Crippen molar-refractivity contribution in [1.82, 2.24) is 0 Å². The molecular formula is C22H30O4. The van der Waals surface area contributed by atoms with Gasteiger partial charge in [0.25, 0.3) is 0 Å². The molecule has 0 heterocycles. The Morgan fingerprint density at radius 1 is 0.500 bits per heavy atom. The summed E-state index contributed by atoms with van der Waals surface area (Å²) in [7, 11) is 0. The SMILES string of the molecule is OCc1ccc(OCCCCCCCCOc2ccc(CO)cc2)cc1. The van der Waals surface area contributed by atoms with Crippen molar-refractivity contribution in [2.24, 2.45) is 0 Å². The summed E-state index contributed by atoms with van der Waals surface area (Å²) >= 11 is 0. The minimum absolute atomic E-state index is 0.0707. The van der Waals surface area contributed by atoms with Crippen LogP contribution in [0.25, 0.3) is 0 Å². The van der Waals surface area contributed by atoms with Crippen molar-refractivity contribution in [1.29, 1.82) is 0 Å². The molecular weight excluding hydrogens is 328 g/mol. The fraction of sp³-hybridized carbons (Fsp3) is 0.455. The van der Waals surface area contributed by atoms with Crippen molar-refractivity contribution < 1.29 is 19.7 Å². The minimum Gasteiger partial charge on any atom is -0.494 e. The summed E-state index contributed by atoms with van der Waals surface area (Å²) in [5.74, 6) is 1.73. The van der Waals surface area contributed by atoms with Crippen LogP contribution < -0.4 is 9.47 Å². The van der Waals surface area contributed by atoms with Crippen LogP contribution in [0.15, 0.2) is 48.5 Å². The normalized spacial score (nSPS) is 10.7. The maximum Gasteiger partial charge on any atom is 0.119 e. The topological polar surface area (TPSA) is 58.9 Å².